The second-order valence-electron chi connectivity index (χ2n) is 14.5. The maximum atomic E-state index is 6.63. The van der Waals surface area contributed by atoms with Crippen molar-refractivity contribution in [3.63, 3.8) is 0 Å². The fourth-order valence-electron chi connectivity index (χ4n) is 8.66. The molecule has 0 aliphatic heterocycles. The maximum absolute atomic E-state index is 6.63. The Labute approximate surface area is 335 Å². The molecule has 0 saturated heterocycles. The van der Waals surface area contributed by atoms with Crippen LogP contribution in [0.25, 0.3) is 119 Å². The molecule has 0 spiro atoms. The van der Waals surface area contributed by atoms with E-state index >= 15 is 0 Å². The molecule has 6 heteroatoms. The summed E-state index contributed by atoms with van der Waals surface area (Å²) < 4.78 is 9.13. The first-order valence-electron chi connectivity index (χ1n) is 18.9. The Morgan fingerprint density at radius 3 is 1.74 bits per heavy atom. The summed E-state index contributed by atoms with van der Waals surface area (Å²) in [6.45, 7) is 0. The van der Waals surface area contributed by atoms with Crippen molar-refractivity contribution in [2.24, 2.45) is 0 Å². The third-order valence-electron chi connectivity index (χ3n) is 11.3. The van der Waals surface area contributed by atoms with Crippen LogP contribution in [0.2, 0.25) is 5.28 Å². The molecule has 0 unspecified atom stereocenters. The van der Waals surface area contributed by atoms with Gasteiger partial charge in [0.05, 0.1) is 5.56 Å². The van der Waals surface area contributed by atoms with E-state index in [0.717, 1.165) is 44.2 Å². The number of halogens is 1. The normalized spacial score (nSPS) is 11.9. The molecule has 0 atom stereocenters. The first-order chi connectivity index (χ1) is 28.1. The van der Waals surface area contributed by atoms with Gasteiger partial charge in [-0.2, -0.15) is 9.97 Å². The molecule has 0 bridgehead atoms. The average Bonchev–Trinajstić information content (AvgIpc) is 3.84. The molecule has 4 nitrogen and oxygen atoms in total. The number of para-hydroxylation sites is 1. The first-order valence-corrected chi connectivity index (χ1v) is 20.1. The highest BCUT2D eigenvalue weighted by Crippen LogP contribution is 2.43. The minimum atomic E-state index is 0.124. The van der Waals surface area contributed by atoms with Crippen molar-refractivity contribution in [3.05, 3.63) is 175 Å². The molecule has 0 N–H and O–H groups in total. The van der Waals surface area contributed by atoms with Gasteiger partial charge in [0.2, 0.25) is 5.28 Å². The van der Waals surface area contributed by atoms with Gasteiger partial charge in [0.25, 0.3) is 0 Å². The van der Waals surface area contributed by atoms with Crippen LogP contribution in [0.4, 0.5) is 0 Å². The van der Waals surface area contributed by atoms with Crippen LogP contribution in [0.5, 0.6) is 0 Å². The molecule has 57 heavy (non-hydrogen) atoms. The van der Waals surface area contributed by atoms with Crippen LogP contribution in [0.3, 0.4) is 0 Å². The topological polar surface area (TPSA) is 51.8 Å². The predicted octanol–water partition coefficient (Wildman–Crippen LogP) is 14.9. The first kappa shape index (κ1) is 32.3. The molecule has 0 radical (unpaired) electrons. The quantitative estimate of drug-likeness (QED) is 0.167. The lowest BCUT2D eigenvalue weighted by atomic mass is 9.92. The molecule has 0 aliphatic carbocycles. The number of hydrogen-bond acceptors (Lipinski definition) is 5. The van der Waals surface area contributed by atoms with Gasteiger partial charge < -0.3 is 4.42 Å². The fraction of sp³-hybridized carbons (Fsp3) is 0. The molecule has 12 aromatic rings. The Hall–Kier alpha value is -6.92. The number of furan rings is 1. The fourth-order valence-corrected chi connectivity index (χ4v) is 9.95. The molecule has 266 valence electrons. The van der Waals surface area contributed by atoms with Gasteiger partial charge in [-0.1, -0.05) is 133 Å². The Morgan fingerprint density at radius 1 is 0.386 bits per heavy atom. The summed E-state index contributed by atoms with van der Waals surface area (Å²) in [6, 6.07) is 60.1. The van der Waals surface area contributed by atoms with Crippen molar-refractivity contribution in [3.8, 4) is 45.0 Å². The summed E-state index contributed by atoms with van der Waals surface area (Å²) in [6.07, 6.45) is 0. The van der Waals surface area contributed by atoms with Crippen molar-refractivity contribution in [2.75, 3.05) is 0 Å². The van der Waals surface area contributed by atoms with Gasteiger partial charge in [-0.3, -0.25) is 0 Å². The zero-order chi connectivity index (χ0) is 37.6. The third-order valence-corrected chi connectivity index (χ3v) is 12.6. The summed E-state index contributed by atoms with van der Waals surface area (Å²) in [4.78, 5) is 14.1. The highest BCUT2D eigenvalue weighted by Gasteiger charge is 2.19. The van der Waals surface area contributed by atoms with Gasteiger partial charge in [0.15, 0.2) is 11.6 Å². The Kier molecular flexibility index (Phi) is 7.12. The van der Waals surface area contributed by atoms with Gasteiger partial charge in [-0.05, 0) is 103 Å². The molecule has 0 amide bonds. The molecule has 3 aromatic heterocycles. The molecule has 0 saturated carbocycles. The molecule has 0 aliphatic rings. The lowest BCUT2D eigenvalue weighted by Gasteiger charge is -2.12. The molecular formula is C51H28ClN3OS. The van der Waals surface area contributed by atoms with Crippen molar-refractivity contribution >= 4 is 97.4 Å². The van der Waals surface area contributed by atoms with Crippen molar-refractivity contribution in [1.82, 2.24) is 15.0 Å². The van der Waals surface area contributed by atoms with Gasteiger partial charge in [-0.15, -0.1) is 11.3 Å². The van der Waals surface area contributed by atoms with E-state index in [2.05, 4.69) is 156 Å². The van der Waals surface area contributed by atoms with E-state index < -0.39 is 0 Å². The minimum absolute atomic E-state index is 0.124. The van der Waals surface area contributed by atoms with Gasteiger partial charge in [0, 0.05) is 36.5 Å². The number of rotatable bonds is 4. The van der Waals surface area contributed by atoms with Crippen LogP contribution < -0.4 is 0 Å². The van der Waals surface area contributed by atoms with Crippen LogP contribution in [0, 0.1) is 0 Å². The van der Waals surface area contributed by atoms with Crippen molar-refractivity contribution < 1.29 is 4.42 Å². The van der Waals surface area contributed by atoms with Crippen molar-refractivity contribution in [1.29, 1.82) is 0 Å². The van der Waals surface area contributed by atoms with Crippen LogP contribution in [0.1, 0.15) is 0 Å². The number of nitrogens with zero attached hydrogens (tertiary/aromatic N) is 3. The third kappa shape index (κ3) is 5.10. The van der Waals surface area contributed by atoms with Crippen LogP contribution >= 0.6 is 22.9 Å². The van der Waals surface area contributed by atoms with Gasteiger partial charge in [0.1, 0.15) is 11.2 Å². The van der Waals surface area contributed by atoms with E-state index in [1.807, 2.05) is 35.6 Å². The summed E-state index contributed by atoms with van der Waals surface area (Å²) in [5.41, 5.74) is 7.71. The van der Waals surface area contributed by atoms with E-state index in [0.29, 0.717) is 17.2 Å². The Morgan fingerprint density at radius 2 is 0.947 bits per heavy atom. The molecule has 0 fully saturated rings. The van der Waals surface area contributed by atoms with Gasteiger partial charge in [-0.25, -0.2) is 4.98 Å². The number of aromatic nitrogens is 3. The lowest BCUT2D eigenvalue weighted by molar-refractivity contribution is 0.669. The summed E-state index contributed by atoms with van der Waals surface area (Å²) >= 11 is 8.46. The molecular weight excluding hydrogens is 738 g/mol. The summed E-state index contributed by atoms with van der Waals surface area (Å²) in [5, 5.41) is 12.3. The Bertz CT molecular complexity index is 3570. The smallest absolute Gasteiger partial charge is 0.226 e. The molecule has 9 aromatic carbocycles. The van der Waals surface area contributed by atoms with Crippen LogP contribution in [0.15, 0.2) is 174 Å². The molecule has 3 heterocycles. The van der Waals surface area contributed by atoms with Crippen molar-refractivity contribution in [2.45, 2.75) is 0 Å². The molecule has 12 rings (SSSR count). The zero-order valence-corrected chi connectivity index (χ0v) is 31.8. The standard InChI is InChI=1S/C51H28ClN3OS/c52-51-54-49(30-21-19-29(20-22-30)31-23-25-38-36-11-2-1-9-34(36)35-10-3-4-12-37(35)42(38)27-31)53-50(55-51)41-16-7-15-39-43-28-32(24-26-44(43)56-48(39)41)33-14-8-18-46-47(33)40-13-5-6-17-45(40)57-46/h1-28H. The van der Waals surface area contributed by atoms with Crippen LogP contribution in [-0.2, 0) is 0 Å². The largest absolute Gasteiger partial charge is 0.455 e. The van der Waals surface area contributed by atoms with E-state index in [9.17, 15) is 0 Å². The average molecular weight is 766 g/mol. The lowest BCUT2D eigenvalue weighted by Crippen LogP contribution is -1.97. The SMILES string of the molecule is Clc1nc(-c2ccc(-c3ccc4c5ccccc5c5ccccc5c4c3)cc2)nc(-c2cccc3c2oc2ccc(-c4cccc5sc6ccccc6c45)cc23)n1. The maximum Gasteiger partial charge on any atom is 0.226 e. The minimum Gasteiger partial charge on any atom is -0.455 e. The highest BCUT2D eigenvalue weighted by molar-refractivity contribution is 7.25. The van der Waals surface area contributed by atoms with E-state index in [-0.39, 0.29) is 5.28 Å². The second kappa shape index (κ2) is 12.6. The second-order valence-corrected chi connectivity index (χ2v) is 15.9. The Balaban J connectivity index is 0.921. The van der Waals surface area contributed by atoms with Crippen LogP contribution in [-0.4, -0.2) is 15.0 Å². The number of fused-ring (bicyclic) bond motifs is 12. The monoisotopic (exact) mass is 765 g/mol. The van der Waals surface area contributed by atoms with E-state index in [1.165, 1.54) is 58.1 Å². The number of hydrogen-bond donors (Lipinski definition) is 0. The van der Waals surface area contributed by atoms with Gasteiger partial charge >= 0.3 is 0 Å². The van der Waals surface area contributed by atoms with E-state index in [4.69, 9.17) is 21.0 Å². The van der Waals surface area contributed by atoms with E-state index in [1.54, 1.807) is 0 Å². The predicted molar refractivity (Wildman–Crippen MR) is 239 cm³/mol. The number of benzene rings is 9. The summed E-state index contributed by atoms with van der Waals surface area (Å²) in [5.74, 6) is 0.959. The summed E-state index contributed by atoms with van der Waals surface area (Å²) in [7, 11) is 0. The number of thiophene rings is 1. The highest BCUT2D eigenvalue weighted by atomic mass is 35.5. The zero-order valence-electron chi connectivity index (χ0n) is 30.2.